The van der Waals surface area contributed by atoms with Gasteiger partial charge in [0.25, 0.3) is 0 Å². The van der Waals surface area contributed by atoms with Gasteiger partial charge in [-0.25, -0.2) is 4.98 Å². The number of rotatable bonds is 4. The summed E-state index contributed by atoms with van der Waals surface area (Å²) >= 11 is 0. The van der Waals surface area contributed by atoms with Crippen molar-refractivity contribution in [3.63, 3.8) is 0 Å². The average molecular weight is 429 g/mol. The van der Waals surface area contributed by atoms with Crippen molar-refractivity contribution >= 4 is 23.0 Å². The Bertz CT molecular complexity index is 1100. The Morgan fingerprint density at radius 2 is 2.12 bits per heavy atom. The van der Waals surface area contributed by atoms with E-state index in [4.69, 9.17) is 10.00 Å². The number of carbonyl (C=O) groups is 1. The second-order valence-corrected chi connectivity index (χ2v) is 9.07. The van der Waals surface area contributed by atoms with Gasteiger partial charge in [0.1, 0.15) is 11.9 Å². The number of pyridine rings is 1. The van der Waals surface area contributed by atoms with E-state index in [0.29, 0.717) is 18.1 Å². The number of amides is 1. The Morgan fingerprint density at radius 1 is 1.28 bits per heavy atom. The van der Waals surface area contributed by atoms with Crippen LogP contribution in [0.4, 0.5) is 11.5 Å². The van der Waals surface area contributed by atoms with Crippen LogP contribution in [-0.2, 0) is 9.53 Å². The molecule has 3 aliphatic rings. The fourth-order valence-corrected chi connectivity index (χ4v) is 5.26. The summed E-state index contributed by atoms with van der Waals surface area (Å²) in [5, 5.41) is 12.7. The summed E-state index contributed by atoms with van der Waals surface area (Å²) in [6.07, 6.45) is 6.98. The van der Waals surface area contributed by atoms with Gasteiger partial charge in [-0.2, -0.15) is 5.26 Å². The third-order valence-corrected chi connectivity index (χ3v) is 6.96. The summed E-state index contributed by atoms with van der Waals surface area (Å²) in [5.41, 5.74) is 5.14. The lowest BCUT2D eigenvalue weighted by molar-refractivity contribution is -0.117. The van der Waals surface area contributed by atoms with E-state index in [0.717, 1.165) is 30.1 Å². The Labute approximate surface area is 188 Å². The Morgan fingerprint density at radius 3 is 2.75 bits per heavy atom. The molecule has 1 aromatic carbocycles. The number of nitrogens with one attached hydrogen (secondary N) is 1. The van der Waals surface area contributed by atoms with Gasteiger partial charge >= 0.3 is 0 Å². The normalized spacial score (nSPS) is 24.8. The van der Waals surface area contributed by atoms with E-state index in [-0.39, 0.29) is 23.9 Å². The van der Waals surface area contributed by atoms with Crippen LogP contribution in [0.15, 0.2) is 42.6 Å². The molecule has 1 fully saturated rings. The maximum Gasteiger partial charge on any atom is 0.224 e. The smallest absolute Gasteiger partial charge is 0.224 e. The summed E-state index contributed by atoms with van der Waals surface area (Å²) in [4.78, 5) is 19.3. The molecule has 1 aliphatic carbocycles. The molecule has 3 atom stereocenters. The number of fused-ring (bicyclic) bond motifs is 1. The number of aromatic nitrogens is 1. The minimum atomic E-state index is 0.0204. The Kier molecular flexibility index (Phi) is 5.44. The van der Waals surface area contributed by atoms with Crippen molar-refractivity contribution in [2.24, 2.45) is 11.8 Å². The van der Waals surface area contributed by atoms with E-state index in [1.54, 1.807) is 19.2 Å². The molecular weight excluding hydrogens is 400 g/mol. The van der Waals surface area contributed by atoms with E-state index < -0.39 is 0 Å². The molecule has 32 heavy (non-hydrogen) atoms. The van der Waals surface area contributed by atoms with Gasteiger partial charge in [-0.15, -0.1) is 0 Å². The molecule has 0 saturated heterocycles. The number of nitrogens with zero attached hydrogens (tertiary/aromatic N) is 3. The van der Waals surface area contributed by atoms with Crippen LogP contribution in [0, 0.1) is 23.2 Å². The Hall–Kier alpha value is -3.17. The lowest BCUT2D eigenvalue weighted by atomic mass is 9.79. The van der Waals surface area contributed by atoms with Gasteiger partial charge in [0, 0.05) is 30.8 Å². The van der Waals surface area contributed by atoms with Crippen LogP contribution in [-0.4, -0.2) is 30.1 Å². The largest absolute Gasteiger partial charge is 0.377 e. The fourth-order valence-electron chi connectivity index (χ4n) is 5.26. The third-order valence-electron chi connectivity index (χ3n) is 6.96. The van der Waals surface area contributed by atoms with Crippen LogP contribution in [0.1, 0.15) is 55.8 Å². The molecular formula is C26H28N4O2. The molecule has 0 radical (unpaired) electrons. The highest BCUT2D eigenvalue weighted by atomic mass is 16.5. The summed E-state index contributed by atoms with van der Waals surface area (Å²) in [7, 11) is 0. The molecule has 0 unspecified atom stereocenters. The summed E-state index contributed by atoms with van der Waals surface area (Å²) in [5.74, 6) is 1.60. The van der Waals surface area contributed by atoms with Gasteiger partial charge in [-0.3, -0.25) is 4.79 Å². The van der Waals surface area contributed by atoms with Crippen LogP contribution >= 0.6 is 0 Å². The predicted molar refractivity (Wildman–Crippen MR) is 124 cm³/mol. The lowest BCUT2D eigenvalue weighted by Crippen LogP contribution is -2.51. The van der Waals surface area contributed by atoms with Crippen molar-refractivity contribution in [2.45, 2.75) is 45.2 Å². The first-order valence-corrected chi connectivity index (χ1v) is 11.4. The van der Waals surface area contributed by atoms with Gasteiger partial charge in [0.2, 0.25) is 5.91 Å². The van der Waals surface area contributed by atoms with Crippen LogP contribution in [0.5, 0.6) is 0 Å². The summed E-state index contributed by atoms with van der Waals surface area (Å²) in [6.45, 7) is 5.29. The van der Waals surface area contributed by atoms with Crippen LogP contribution in [0.25, 0.3) is 5.57 Å². The highest BCUT2D eigenvalue weighted by Crippen LogP contribution is 2.50. The van der Waals surface area contributed by atoms with E-state index >= 15 is 0 Å². The predicted octanol–water partition coefficient (Wildman–Crippen LogP) is 4.69. The van der Waals surface area contributed by atoms with E-state index in [9.17, 15) is 4.79 Å². The number of benzene rings is 1. The van der Waals surface area contributed by atoms with Gasteiger partial charge < -0.3 is 15.0 Å². The van der Waals surface area contributed by atoms with Crippen molar-refractivity contribution in [3.8, 4) is 6.07 Å². The van der Waals surface area contributed by atoms with Crippen molar-refractivity contribution in [1.82, 2.24) is 4.98 Å². The van der Waals surface area contributed by atoms with Gasteiger partial charge in [0.05, 0.1) is 24.8 Å². The minimum absolute atomic E-state index is 0.0204. The van der Waals surface area contributed by atoms with Crippen LogP contribution in [0.3, 0.4) is 0 Å². The standard InChI is InChI=1S/C26H28N4O2/c1-16-25(29-24-8-3-18(14-27)15-28-24)22-13-21(19-9-11-32-12-10-19)6-7-23(22)30(17(2)31)26(16)20-4-5-20/h3,6-9,13,15-16,20,25-26H,4-5,10-12H2,1-2H3,(H,28,29)/t16-,25-,26+/m1/s1. The van der Waals surface area contributed by atoms with Crippen molar-refractivity contribution < 1.29 is 9.53 Å². The molecule has 1 amide bonds. The zero-order chi connectivity index (χ0) is 22.2. The molecule has 1 saturated carbocycles. The van der Waals surface area contributed by atoms with Crippen LogP contribution in [0.2, 0.25) is 0 Å². The molecule has 6 nitrogen and oxygen atoms in total. The molecule has 0 spiro atoms. The first-order chi connectivity index (χ1) is 15.6. The number of ether oxygens (including phenoxy) is 1. The zero-order valence-corrected chi connectivity index (χ0v) is 18.5. The minimum Gasteiger partial charge on any atom is -0.377 e. The highest BCUT2D eigenvalue weighted by molar-refractivity contribution is 5.94. The summed E-state index contributed by atoms with van der Waals surface area (Å²) in [6, 6.07) is 12.5. The molecule has 1 N–H and O–H groups in total. The molecule has 2 aliphatic heterocycles. The first-order valence-electron chi connectivity index (χ1n) is 11.4. The summed E-state index contributed by atoms with van der Waals surface area (Å²) < 4.78 is 5.49. The van der Waals surface area contributed by atoms with Crippen molar-refractivity contribution in [2.75, 3.05) is 23.4 Å². The molecule has 5 rings (SSSR count). The number of carbonyl (C=O) groups excluding carboxylic acids is 1. The number of hydrogen-bond acceptors (Lipinski definition) is 5. The topological polar surface area (TPSA) is 78.2 Å². The molecule has 1 aromatic heterocycles. The fraction of sp³-hybridized carbons (Fsp3) is 0.423. The zero-order valence-electron chi connectivity index (χ0n) is 18.5. The SMILES string of the molecule is CC(=O)N1c2ccc(C3=CCOCC3)cc2[C@H](Nc2ccc(C#N)cn2)[C@@H](C)[C@H]1C1CC1. The molecule has 2 aromatic rings. The van der Waals surface area contributed by atoms with Gasteiger partial charge in [0.15, 0.2) is 0 Å². The Balaban J connectivity index is 1.59. The average Bonchev–Trinajstić information content (AvgIpc) is 3.66. The van der Waals surface area contributed by atoms with Gasteiger partial charge in [-0.1, -0.05) is 19.1 Å². The number of hydrogen-bond donors (Lipinski definition) is 1. The van der Waals surface area contributed by atoms with Gasteiger partial charge in [-0.05, 0) is 66.1 Å². The second-order valence-electron chi connectivity index (χ2n) is 9.07. The van der Waals surface area contributed by atoms with Crippen molar-refractivity contribution in [3.05, 3.63) is 59.3 Å². The van der Waals surface area contributed by atoms with Crippen LogP contribution < -0.4 is 10.2 Å². The molecule has 3 heterocycles. The maximum absolute atomic E-state index is 12.8. The third kappa shape index (κ3) is 3.78. The molecule has 6 heteroatoms. The maximum atomic E-state index is 12.8. The van der Waals surface area contributed by atoms with E-state index in [1.807, 2.05) is 11.0 Å². The number of anilines is 2. The molecule has 0 bridgehead atoms. The van der Waals surface area contributed by atoms with E-state index in [1.165, 1.54) is 24.0 Å². The molecule has 164 valence electrons. The highest BCUT2D eigenvalue weighted by Gasteiger charge is 2.47. The first kappa shape index (κ1) is 20.7. The van der Waals surface area contributed by atoms with E-state index in [2.05, 4.69) is 47.6 Å². The monoisotopic (exact) mass is 428 g/mol. The number of nitriles is 1. The lowest BCUT2D eigenvalue weighted by Gasteiger charge is -2.46. The van der Waals surface area contributed by atoms with Crippen molar-refractivity contribution in [1.29, 1.82) is 5.26 Å². The quantitative estimate of drug-likeness (QED) is 0.764. The second kappa shape index (κ2) is 8.40.